The summed E-state index contributed by atoms with van der Waals surface area (Å²) in [4.78, 5) is 14.0. The molecular formula is C14H11BrN2O2. The second-order valence-electron chi connectivity index (χ2n) is 4.14. The lowest BCUT2D eigenvalue weighted by molar-refractivity contribution is -0.105. The van der Waals surface area contributed by atoms with Crippen molar-refractivity contribution in [2.24, 2.45) is 0 Å². The number of hydrogen-bond donors (Lipinski definition) is 2. The first kappa shape index (κ1) is 12.0. The molecule has 96 valence electrons. The van der Waals surface area contributed by atoms with Crippen molar-refractivity contribution in [3.05, 3.63) is 34.8 Å². The molecule has 1 heterocycles. The Morgan fingerprint density at radius 2 is 2.16 bits per heavy atom. The Hall–Kier alpha value is -2.01. The molecule has 3 rings (SSSR count). The largest absolute Gasteiger partial charge is 0.497 e. The molecule has 5 heteroatoms. The van der Waals surface area contributed by atoms with Crippen molar-refractivity contribution in [2.75, 3.05) is 12.4 Å². The predicted molar refractivity (Wildman–Crippen MR) is 79.7 cm³/mol. The van der Waals surface area contributed by atoms with Crippen LogP contribution in [0.3, 0.4) is 0 Å². The maximum Gasteiger partial charge on any atom is 0.211 e. The van der Waals surface area contributed by atoms with Gasteiger partial charge in [-0.15, -0.1) is 0 Å². The summed E-state index contributed by atoms with van der Waals surface area (Å²) in [6.45, 7) is 0. The molecule has 1 amide bonds. The Kier molecular flexibility index (Phi) is 2.91. The average Bonchev–Trinajstić information content (AvgIpc) is 2.81. The van der Waals surface area contributed by atoms with Gasteiger partial charge in [0.2, 0.25) is 6.41 Å². The summed E-state index contributed by atoms with van der Waals surface area (Å²) in [5, 5.41) is 4.83. The fourth-order valence-corrected chi connectivity index (χ4v) is 2.80. The number of halogens is 1. The zero-order valence-electron chi connectivity index (χ0n) is 10.2. The second-order valence-corrected chi connectivity index (χ2v) is 5.00. The lowest BCUT2D eigenvalue weighted by Crippen LogP contribution is -1.94. The van der Waals surface area contributed by atoms with Gasteiger partial charge < -0.3 is 15.0 Å². The fourth-order valence-electron chi connectivity index (χ4n) is 2.26. The molecular weight excluding hydrogens is 308 g/mol. The molecule has 0 atom stereocenters. The summed E-state index contributed by atoms with van der Waals surface area (Å²) in [5.74, 6) is 0.792. The van der Waals surface area contributed by atoms with Crippen molar-refractivity contribution in [3.63, 3.8) is 0 Å². The normalized spacial score (nSPS) is 10.8. The van der Waals surface area contributed by atoms with E-state index in [1.165, 1.54) is 0 Å². The molecule has 0 bridgehead atoms. The Morgan fingerprint density at radius 3 is 2.89 bits per heavy atom. The van der Waals surface area contributed by atoms with Crippen LogP contribution in [0.5, 0.6) is 5.75 Å². The number of hydrogen-bond acceptors (Lipinski definition) is 2. The number of ether oxygens (including phenoxy) is 1. The van der Waals surface area contributed by atoms with Crippen molar-refractivity contribution in [2.45, 2.75) is 0 Å². The minimum absolute atomic E-state index is 0.675. The van der Waals surface area contributed by atoms with E-state index < -0.39 is 0 Å². The van der Waals surface area contributed by atoms with Crippen LogP contribution in [0.25, 0.3) is 21.8 Å². The Bertz CT molecular complexity index is 780. The van der Waals surface area contributed by atoms with E-state index in [4.69, 9.17) is 4.74 Å². The highest BCUT2D eigenvalue weighted by atomic mass is 79.9. The lowest BCUT2D eigenvalue weighted by Gasteiger charge is -2.02. The highest BCUT2D eigenvalue weighted by molar-refractivity contribution is 9.10. The average molecular weight is 319 g/mol. The van der Waals surface area contributed by atoms with Gasteiger partial charge in [0, 0.05) is 21.3 Å². The van der Waals surface area contributed by atoms with Gasteiger partial charge in [-0.1, -0.05) is 15.9 Å². The van der Waals surface area contributed by atoms with Gasteiger partial charge in [-0.05, 0) is 24.3 Å². The van der Waals surface area contributed by atoms with E-state index in [1.54, 1.807) is 7.11 Å². The lowest BCUT2D eigenvalue weighted by atomic mass is 10.1. The van der Waals surface area contributed by atoms with Crippen molar-refractivity contribution in [1.29, 1.82) is 0 Å². The number of amides is 1. The van der Waals surface area contributed by atoms with Crippen LogP contribution in [-0.2, 0) is 4.79 Å². The maximum atomic E-state index is 10.7. The van der Waals surface area contributed by atoms with Gasteiger partial charge in [0.25, 0.3) is 0 Å². The molecule has 0 spiro atoms. The van der Waals surface area contributed by atoms with Crippen LogP contribution < -0.4 is 10.1 Å². The molecule has 2 N–H and O–H groups in total. The molecule has 1 aromatic heterocycles. The van der Waals surface area contributed by atoms with Crippen molar-refractivity contribution >= 4 is 49.8 Å². The molecule has 4 nitrogen and oxygen atoms in total. The number of carbonyl (C=O) groups is 1. The quantitative estimate of drug-likeness (QED) is 0.724. The van der Waals surface area contributed by atoms with Crippen LogP contribution in [0.1, 0.15) is 0 Å². The molecule has 0 aliphatic rings. The summed E-state index contributed by atoms with van der Waals surface area (Å²) < 4.78 is 6.20. The molecule has 0 aliphatic heterocycles. The van der Waals surface area contributed by atoms with Gasteiger partial charge >= 0.3 is 0 Å². The number of aromatic nitrogens is 1. The summed E-state index contributed by atoms with van der Waals surface area (Å²) >= 11 is 3.55. The molecule has 0 saturated carbocycles. The van der Waals surface area contributed by atoms with E-state index in [0.717, 1.165) is 37.7 Å². The third kappa shape index (κ3) is 1.86. The molecule has 3 aromatic rings. The van der Waals surface area contributed by atoms with Crippen LogP contribution in [-0.4, -0.2) is 18.5 Å². The number of methoxy groups -OCH3 is 1. The van der Waals surface area contributed by atoms with Crippen LogP contribution in [0, 0.1) is 0 Å². The van der Waals surface area contributed by atoms with Crippen molar-refractivity contribution in [1.82, 2.24) is 4.98 Å². The maximum absolute atomic E-state index is 10.7. The summed E-state index contributed by atoms with van der Waals surface area (Å²) in [7, 11) is 1.64. The minimum Gasteiger partial charge on any atom is -0.497 e. The van der Waals surface area contributed by atoms with E-state index in [-0.39, 0.29) is 0 Å². The molecule has 0 radical (unpaired) electrons. The summed E-state index contributed by atoms with van der Waals surface area (Å²) in [6, 6.07) is 9.63. The van der Waals surface area contributed by atoms with Gasteiger partial charge in [0.1, 0.15) is 5.75 Å². The van der Waals surface area contributed by atoms with Gasteiger partial charge in [0.15, 0.2) is 0 Å². The zero-order chi connectivity index (χ0) is 13.4. The first-order chi connectivity index (χ1) is 9.24. The number of fused-ring (bicyclic) bond motifs is 3. The highest BCUT2D eigenvalue weighted by Gasteiger charge is 2.11. The van der Waals surface area contributed by atoms with Gasteiger partial charge in [-0.2, -0.15) is 0 Å². The number of carbonyl (C=O) groups excluding carboxylic acids is 1. The van der Waals surface area contributed by atoms with Crippen molar-refractivity contribution in [3.8, 4) is 5.75 Å². The third-order valence-electron chi connectivity index (χ3n) is 3.12. The molecule has 2 aromatic carbocycles. The van der Waals surface area contributed by atoms with Crippen molar-refractivity contribution < 1.29 is 9.53 Å². The highest BCUT2D eigenvalue weighted by Crippen LogP contribution is 2.36. The SMILES string of the molecule is COc1ccc2c(c1)[nH]c1c(NC=O)ccc(Br)c12. The minimum atomic E-state index is 0.675. The van der Waals surface area contributed by atoms with Crippen LogP contribution >= 0.6 is 15.9 Å². The van der Waals surface area contributed by atoms with E-state index >= 15 is 0 Å². The standard InChI is InChI=1S/C14H11BrN2O2/c1-19-8-2-3-9-12(6-8)17-14-11(16-7-18)5-4-10(15)13(9)14/h2-7,17H,1H3,(H,16,18). The second kappa shape index (κ2) is 4.59. The third-order valence-corrected chi connectivity index (χ3v) is 3.79. The molecule has 19 heavy (non-hydrogen) atoms. The zero-order valence-corrected chi connectivity index (χ0v) is 11.7. The fraction of sp³-hybridized carbons (Fsp3) is 0.0714. The summed E-state index contributed by atoms with van der Waals surface area (Å²) in [6.07, 6.45) is 0.675. The van der Waals surface area contributed by atoms with Crippen LogP contribution in [0.15, 0.2) is 34.8 Å². The van der Waals surface area contributed by atoms with Crippen LogP contribution in [0.2, 0.25) is 0 Å². The van der Waals surface area contributed by atoms with E-state index in [9.17, 15) is 4.79 Å². The monoisotopic (exact) mass is 318 g/mol. The Morgan fingerprint density at radius 1 is 1.32 bits per heavy atom. The molecule has 0 fully saturated rings. The number of aromatic amines is 1. The molecule has 0 aliphatic carbocycles. The van der Waals surface area contributed by atoms with Gasteiger partial charge in [-0.3, -0.25) is 4.79 Å². The smallest absolute Gasteiger partial charge is 0.211 e. The molecule has 0 unspecified atom stereocenters. The number of nitrogens with one attached hydrogen (secondary N) is 2. The first-order valence-corrected chi connectivity index (χ1v) is 6.52. The first-order valence-electron chi connectivity index (χ1n) is 5.72. The Labute approximate surface area is 117 Å². The number of rotatable bonds is 3. The number of H-pyrrole nitrogens is 1. The predicted octanol–water partition coefficient (Wildman–Crippen LogP) is 3.66. The summed E-state index contributed by atoms with van der Waals surface area (Å²) in [5.41, 5.74) is 2.61. The topological polar surface area (TPSA) is 54.1 Å². The Balaban J connectivity index is 2.40. The molecule has 0 saturated heterocycles. The van der Waals surface area contributed by atoms with E-state index in [1.807, 2.05) is 30.3 Å². The van der Waals surface area contributed by atoms with Gasteiger partial charge in [-0.25, -0.2) is 0 Å². The van der Waals surface area contributed by atoms with E-state index in [0.29, 0.717) is 6.41 Å². The van der Waals surface area contributed by atoms with Gasteiger partial charge in [0.05, 0.1) is 23.8 Å². The number of anilines is 1. The van der Waals surface area contributed by atoms with Crippen LogP contribution in [0.4, 0.5) is 5.69 Å². The number of benzene rings is 2. The van der Waals surface area contributed by atoms with E-state index in [2.05, 4.69) is 26.2 Å².